The highest BCUT2D eigenvalue weighted by Gasteiger charge is 2.25. The minimum atomic E-state index is 0.620. The average Bonchev–Trinajstić information content (AvgIpc) is 3.47. The van der Waals surface area contributed by atoms with Gasteiger partial charge >= 0.3 is 0 Å². The molecule has 1 aromatic heterocycles. The summed E-state index contributed by atoms with van der Waals surface area (Å²) in [6.07, 6.45) is 47.2. The predicted octanol–water partition coefficient (Wildman–Crippen LogP) is 13.7. The molecule has 0 spiro atoms. The smallest absolute Gasteiger partial charge is 0.247 e. The van der Waals surface area contributed by atoms with Gasteiger partial charge in [-0.3, -0.25) is 0 Å². The number of nitrogens with zero attached hydrogens (tertiary/aromatic N) is 1. The van der Waals surface area contributed by atoms with Gasteiger partial charge in [0.2, 0.25) is 0 Å². The zero-order valence-corrected chi connectivity index (χ0v) is 29.0. The summed E-state index contributed by atoms with van der Waals surface area (Å²) >= 11 is 0. The highest BCUT2D eigenvalue weighted by atomic mass is 15.1. The van der Waals surface area contributed by atoms with E-state index in [1.54, 1.807) is 0 Å². The van der Waals surface area contributed by atoms with Gasteiger partial charge in [-0.1, -0.05) is 188 Å². The van der Waals surface area contributed by atoms with Crippen LogP contribution in [-0.4, -0.2) is 4.98 Å². The molecular formula is C39H77N2+. The Morgan fingerprint density at radius 2 is 0.780 bits per heavy atom. The van der Waals surface area contributed by atoms with Crippen LogP contribution in [-0.2, 0) is 0 Å². The van der Waals surface area contributed by atoms with E-state index in [1.165, 1.54) is 198 Å². The summed E-state index contributed by atoms with van der Waals surface area (Å²) in [4.78, 5) is 3.72. The number of unbranched alkanes of at least 4 members (excludes halogenated alkanes) is 24. The lowest BCUT2D eigenvalue weighted by Gasteiger charge is -2.17. The normalized spacial score (nSPS) is 13.2. The summed E-state index contributed by atoms with van der Waals surface area (Å²) < 4.78 is 2.62. The maximum atomic E-state index is 3.72. The summed E-state index contributed by atoms with van der Waals surface area (Å²) in [7, 11) is 0. The SMILES string of the molecule is CCCCCCCCCCCCCCCCCC(C)[n+]1cc[nH]c1C(CCCCCC)CCCCCCCCCC. The van der Waals surface area contributed by atoms with E-state index in [4.69, 9.17) is 0 Å². The molecule has 1 N–H and O–H groups in total. The standard InChI is InChI=1S/C39H76N2/c1-5-8-11-14-16-18-19-20-21-22-23-24-25-27-29-32-37(4)41-36-35-40-39(41)38(33-30-13-10-7-3)34-31-28-26-17-15-12-9-6-2/h35-38H,5-34H2,1-4H3/p+1. The van der Waals surface area contributed by atoms with Gasteiger partial charge in [-0.05, 0) is 32.6 Å². The minimum Gasteiger partial charge on any atom is -0.247 e. The molecule has 0 radical (unpaired) electrons. The fourth-order valence-corrected chi connectivity index (χ4v) is 6.78. The molecule has 1 heterocycles. The van der Waals surface area contributed by atoms with Crippen molar-refractivity contribution in [3.8, 4) is 0 Å². The molecule has 2 heteroatoms. The van der Waals surface area contributed by atoms with Crippen LogP contribution < -0.4 is 4.57 Å². The topological polar surface area (TPSA) is 19.7 Å². The average molecular weight is 574 g/mol. The van der Waals surface area contributed by atoms with Crippen LogP contribution in [0.2, 0.25) is 0 Å². The zero-order chi connectivity index (χ0) is 29.6. The van der Waals surface area contributed by atoms with Gasteiger partial charge in [-0.15, -0.1) is 0 Å². The summed E-state index contributed by atoms with van der Waals surface area (Å²) in [6.45, 7) is 9.42. The number of hydrogen-bond acceptors (Lipinski definition) is 0. The van der Waals surface area contributed by atoms with Crippen molar-refractivity contribution in [3.05, 3.63) is 18.2 Å². The van der Waals surface area contributed by atoms with Crippen molar-refractivity contribution in [2.45, 2.75) is 232 Å². The zero-order valence-electron chi connectivity index (χ0n) is 29.0. The number of rotatable bonds is 32. The monoisotopic (exact) mass is 574 g/mol. The summed E-state index contributed by atoms with van der Waals surface area (Å²) in [6, 6.07) is 0.620. The van der Waals surface area contributed by atoms with E-state index < -0.39 is 0 Å². The number of H-pyrrole nitrogens is 1. The Bertz CT molecular complexity index is 635. The van der Waals surface area contributed by atoms with Crippen LogP contribution in [0.3, 0.4) is 0 Å². The van der Waals surface area contributed by atoms with E-state index in [1.807, 2.05) is 0 Å². The van der Waals surface area contributed by atoms with Gasteiger partial charge in [0.1, 0.15) is 12.4 Å². The molecule has 1 aromatic rings. The number of hydrogen-bond donors (Lipinski definition) is 1. The van der Waals surface area contributed by atoms with Gasteiger partial charge < -0.3 is 0 Å². The molecule has 0 saturated carbocycles. The first kappa shape index (κ1) is 38.2. The van der Waals surface area contributed by atoms with Crippen molar-refractivity contribution in [1.82, 2.24) is 4.98 Å². The summed E-state index contributed by atoms with van der Waals surface area (Å²) in [5.41, 5.74) is 0. The van der Waals surface area contributed by atoms with Gasteiger partial charge in [0, 0.05) is 0 Å². The maximum Gasteiger partial charge on any atom is 0.257 e. The Morgan fingerprint density at radius 1 is 0.463 bits per heavy atom. The van der Waals surface area contributed by atoms with E-state index in [0.29, 0.717) is 12.0 Å². The van der Waals surface area contributed by atoms with Crippen LogP contribution >= 0.6 is 0 Å². The third-order valence-corrected chi connectivity index (χ3v) is 9.64. The van der Waals surface area contributed by atoms with E-state index in [0.717, 1.165) is 0 Å². The Hall–Kier alpha value is -0.790. The molecule has 0 aliphatic rings. The maximum absolute atomic E-state index is 3.72. The van der Waals surface area contributed by atoms with Crippen molar-refractivity contribution in [3.63, 3.8) is 0 Å². The molecule has 0 fully saturated rings. The number of aromatic amines is 1. The van der Waals surface area contributed by atoms with Gasteiger partial charge in [0.05, 0.1) is 12.0 Å². The lowest BCUT2D eigenvalue weighted by molar-refractivity contribution is -0.727. The third kappa shape index (κ3) is 21.5. The van der Waals surface area contributed by atoms with Crippen molar-refractivity contribution in [2.24, 2.45) is 0 Å². The second-order valence-electron chi connectivity index (χ2n) is 13.6. The van der Waals surface area contributed by atoms with Crippen molar-refractivity contribution in [2.75, 3.05) is 0 Å². The molecule has 1 rings (SSSR count). The highest BCUT2D eigenvalue weighted by molar-refractivity contribution is 4.90. The second-order valence-corrected chi connectivity index (χ2v) is 13.6. The molecule has 2 unspecified atom stereocenters. The number of aromatic nitrogens is 2. The Kier molecular flexibility index (Phi) is 27.3. The number of nitrogens with one attached hydrogen (secondary N) is 1. The van der Waals surface area contributed by atoms with Crippen LogP contribution in [0.5, 0.6) is 0 Å². The van der Waals surface area contributed by atoms with Crippen molar-refractivity contribution in [1.29, 1.82) is 0 Å². The number of imidazole rings is 1. The summed E-state index contributed by atoms with van der Waals surface area (Å²) in [5.74, 6) is 2.24. The molecule has 0 aliphatic carbocycles. The van der Waals surface area contributed by atoms with Crippen molar-refractivity contribution < 1.29 is 4.57 Å². The third-order valence-electron chi connectivity index (χ3n) is 9.64. The van der Waals surface area contributed by atoms with Gasteiger partial charge in [-0.25, -0.2) is 9.55 Å². The van der Waals surface area contributed by atoms with Crippen LogP contribution in [0, 0.1) is 0 Å². The van der Waals surface area contributed by atoms with Gasteiger partial charge in [0.15, 0.2) is 0 Å². The molecule has 0 saturated heterocycles. The Morgan fingerprint density at radius 3 is 1.17 bits per heavy atom. The van der Waals surface area contributed by atoms with E-state index in [-0.39, 0.29) is 0 Å². The lowest BCUT2D eigenvalue weighted by atomic mass is 9.93. The molecule has 2 nitrogen and oxygen atoms in total. The highest BCUT2D eigenvalue weighted by Crippen LogP contribution is 2.27. The molecule has 0 aromatic carbocycles. The molecule has 0 aliphatic heterocycles. The van der Waals surface area contributed by atoms with Crippen LogP contribution in [0.1, 0.15) is 238 Å². The largest absolute Gasteiger partial charge is 0.257 e. The van der Waals surface area contributed by atoms with Gasteiger partial charge in [-0.2, -0.15) is 0 Å². The molecule has 0 bridgehead atoms. The molecule has 2 atom stereocenters. The van der Waals surface area contributed by atoms with E-state index >= 15 is 0 Å². The minimum absolute atomic E-state index is 0.620. The van der Waals surface area contributed by atoms with Crippen LogP contribution in [0.4, 0.5) is 0 Å². The first-order chi connectivity index (χ1) is 20.2. The first-order valence-electron chi connectivity index (χ1n) is 19.3. The fraction of sp³-hybridized carbons (Fsp3) is 0.923. The molecular weight excluding hydrogens is 496 g/mol. The molecule has 242 valence electrons. The van der Waals surface area contributed by atoms with E-state index in [9.17, 15) is 0 Å². The second kappa shape index (κ2) is 29.3. The van der Waals surface area contributed by atoms with Crippen LogP contribution in [0.15, 0.2) is 12.4 Å². The lowest BCUT2D eigenvalue weighted by Crippen LogP contribution is -2.41. The Labute approximate surface area is 259 Å². The van der Waals surface area contributed by atoms with Crippen LogP contribution in [0.25, 0.3) is 0 Å². The van der Waals surface area contributed by atoms with E-state index in [2.05, 4.69) is 49.6 Å². The fourth-order valence-electron chi connectivity index (χ4n) is 6.78. The Balaban J connectivity index is 2.25. The molecule has 41 heavy (non-hydrogen) atoms. The van der Waals surface area contributed by atoms with Gasteiger partial charge in [0.25, 0.3) is 5.82 Å². The predicted molar refractivity (Wildman–Crippen MR) is 184 cm³/mol. The summed E-state index contributed by atoms with van der Waals surface area (Å²) in [5, 5.41) is 0. The quantitative estimate of drug-likeness (QED) is 0.0653. The molecule has 0 amide bonds. The first-order valence-corrected chi connectivity index (χ1v) is 19.3. The van der Waals surface area contributed by atoms with Crippen molar-refractivity contribution >= 4 is 0 Å².